The maximum Gasteiger partial charge on any atom is 0.170 e. The van der Waals surface area contributed by atoms with Gasteiger partial charge in [0.25, 0.3) is 0 Å². The largest absolute Gasteiger partial charge is 0.497 e. The van der Waals surface area contributed by atoms with Crippen molar-refractivity contribution in [1.82, 2.24) is 10.3 Å². The Labute approximate surface area is 170 Å². The molecular weight excluding hydrogens is 374 g/mol. The summed E-state index contributed by atoms with van der Waals surface area (Å²) >= 11 is 5.44. The fourth-order valence-corrected chi connectivity index (χ4v) is 3.40. The first-order valence-corrected chi connectivity index (χ1v) is 9.38. The lowest BCUT2D eigenvalue weighted by Crippen LogP contribution is -2.30. The van der Waals surface area contributed by atoms with Gasteiger partial charge in [-0.3, -0.25) is 0 Å². The van der Waals surface area contributed by atoms with Crippen LogP contribution in [0, 0.1) is 6.92 Å². The Kier molecular flexibility index (Phi) is 6.26. The van der Waals surface area contributed by atoms with E-state index in [4.69, 9.17) is 26.4 Å². The summed E-state index contributed by atoms with van der Waals surface area (Å²) < 4.78 is 16.0. The van der Waals surface area contributed by atoms with E-state index in [1.165, 1.54) is 10.9 Å². The zero-order chi connectivity index (χ0) is 20.1. The average Bonchev–Trinajstić information content (AvgIpc) is 3.02. The molecule has 3 rings (SSSR count). The van der Waals surface area contributed by atoms with Crippen molar-refractivity contribution in [2.24, 2.45) is 0 Å². The molecule has 0 bridgehead atoms. The maximum atomic E-state index is 5.44. The van der Waals surface area contributed by atoms with Gasteiger partial charge >= 0.3 is 0 Å². The van der Waals surface area contributed by atoms with Gasteiger partial charge in [0.1, 0.15) is 17.2 Å². The highest BCUT2D eigenvalue weighted by Gasteiger charge is 2.10. The van der Waals surface area contributed by atoms with Crippen molar-refractivity contribution in [3.63, 3.8) is 0 Å². The van der Waals surface area contributed by atoms with Crippen molar-refractivity contribution in [1.29, 1.82) is 0 Å². The number of benzene rings is 2. The van der Waals surface area contributed by atoms with Crippen LogP contribution in [-0.2, 0) is 6.42 Å². The number of hydrogen-bond acceptors (Lipinski definition) is 4. The highest BCUT2D eigenvalue weighted by atomic mass is 32.1. The number of aromatic amines is 1. The van der Waals surface area contributed by atoms with Gasteiger partial charge in [0, 0.05) is 29.2 Å². The minimum Gasteiger partial charge on any atom is -0.497 e. The lowest BCUT2D eigenvalue weighted by atomic mass is 10.1. The lowest BCUT2D eigenvalue weighted by Gasteiger charge is -2.14. The van der Waals surface area contributed by atoms with Gasteiger partial charge in [-0.05, 0) is 61.5 Å². The van der Waals surface area contributed by atoms with Crippen LogP contribution in [0.25, 0.3) is 10.9 Å². The predicted molar refractivity (Wildman–Crippen MR) is 117 cm³/mol. The van der Waals surface area contributed by atoms with E-state index in [0.29, 0.717) is 17.4 Å². The van der Waals surface area contributed by atoms with E-state index >= 15 is 0 Å². The number of aromatic nitrogens is 1. The van der Waals surface area contributed by atoms with Gasteiger partial charge in [0.2, 0.25) is 0 Å². The number of anilines is 1. The van der Waals surface area contributed by atoms with Gasteiger partial charge in [-0.15, -0.1) is 0 Å². The van der Waals surface area contributed by atoms with Crippen molar-refractivity contribution in [3.8, 4) is 17.2 Å². The second kappa shape index (κ2) is 8.84. The zero-order valence-corrected chi connectivity index (χ0v) is 17.3. The number of H-pyrrole nitrogens is 1. The molecule has 3 aromatic rings. The van der Waals surface area contributed by atoms with E-state index < -0.39 is 0 Å². The van der Waals surface area contributed by atoms with Crippen LogP contribution >= 0.6 is 12.2 Å². The molecule has 6 nitrogen and oxygen atoms in total. The molecule has 7 heteroatoms. The van der Waals surface area contributed by atoms with Crippen LogP contribution in [0.5, 0.6) is 17.2 Å². The van der Waals surface area contributed by atoms with Crippen molar-refractivity contribution < 1.29 is 14.2 Å². The van der Waals surface area contributed by atoms with E-state index in [2.05, 4.69) is 28.6 Å². The summed E-state index contributed by atoms with van der Waals surface area (Å²) in [6.45, 7) is 2.78. The number of fused-ring (bicyclic) bond motifs is 1. The first-order valence-electron chi connectivity index (χ1n) is 8.97. The first kappa shape index (κ1) is 19.8. The topological polar surface area (TPSA) is 67.5 Å². The fourth-order valence-electron chi connectivity index (χ4n) is 3.19. The van der Waals surface area contributed by atoms with Crippen LogP contribution in [0.15, 0.2) is 36.4 Å². The van der Waals surface area contributed by atoms with Crippen LogP contribution in [0.3, 0.4) is 0 Å². The molecule has 0 saturated carbocycles. The van der Waals surface area contributed by atoms with Crippen LogP contribution < -0.4 is 24.8 Å². The third-order valence-electron chi connectivity index (χ3n) is 4.64. The van der Waals surface area contributed by atoms with E-state index in [1.54, 1.807) is 21.3 Å². The molecule has 0 aliphatic rings. The molecule has 0 unspecified atom stereocenters. The van der Waals surface area contributed by atoms with Crippen molar-refractivity contribution in [2.45, 2.75) is 13.3 Å². The molecule has 3 N–H and O–H groups in total. The third kappa shape index (κ3) is 4.31. The zero-order valence-electron chi connectivity index (χ0n) is 16.5. The van der Waals surface area contributed by atoms with Gasteiger partial charge < -0.3 is 29.8 Å². The van der Waals surface area contributed by atoms with Crippen LogP contribution in [-0.4, -0.2) is 38.0 Å². The molecule has 2 aromatic carbocycles. The normalized spacial score (nSPS) is 10.6. The SMILES string of the molecule is COc1ccc(OC)c(NC(=S)NCCc2c(C)[nH]c3ccc(OC)cc23)c1. The molecule has 0 atom stereocenters. The fraction of sp³-hybridized carbons (Fsp3) is 0.286. The maximum absolute atomic E-state index is 5.44. The van der Waals surface area contributed by atoms with Crippen molar-refractivity contribution >= 4 is 33.9 Å². The number of ether oxygens (including phenoxy) is 3. The molecule has 0 aliphatic heterocycles. The minimum atomic E-state index is 0.529. The van der Waals surface area contributed by atoms with Crippen molar-refractivity contribution in [3.05, 3.63) is 47.7 Å². The molecule has 0 radical (unpaired) electrons. The molecule has 28 heavy (non-hydrogen) atoms. The molecule has 0 fully saturated rings. The number of nitrogens with one attached hydrogen (secondary N) is 3. The van der Waals surface area contributed by atoms with Gasteiger partial charge in [-0.2, -0.15) is 0 Å². The van der Waals surface area contributed by atoms with E-state index in [1.807, 2.05) is 30.3 Å². The summed E-state index contributed by atoms with van der Waals surface area (Å²) in [5, 5.41) is 8.13. The van der Waals surface area contributed by atoms with Gasteiger partial charge in [0.15, 0.2) is 5.11 Å². The molecule has 0 saturated heterocycles. The van der Waals surface area contributed by atoms with Crippen LogP contribution in [0.4, 0.5) is 5.69 Å². The Bertz CT molecular complexity index is 984. The summed E-state index contributed by atoms with van der Waals surface area (Å²) in [5.41, 5.74) is 4.27. The minimum absolute atomic E-state index is 0.529. The number of hydrogen-bond donors (Lipinski definition) is 3. The average molecular weight is 400 g/mol. The third-order valence-corrected chi connectivity index (χ3v) is 4.89. The molecule has 0 aliphatic carbocycles. The molecule has 148 valence electrons. The number of methoxy groups -OCH3 is 3. The van der Waals surface area contributed by atoms with Gasteiger partial charge in [0.05, 0.1) is 27.0 Å². The smallest absolute Gasteiger partial charge is 0.170 e. The van der Waals surface area contributed by atoms with E-state index in [0.717, 1.165) is 34.8 Å². The predicted octanol–water partition coefficient (Wildman–Crippen LogP) is 4.03. The Morgan fingerprint density at radius 3 is 2.43 bits per heavy atom. The Morgan fingerprint density at radius 2 is 1.71 bits per heavy atom. The van der Waals surface area contributed by atoms with Crippen LogP contribution in [0.1, 0.15) is 11.3 Å². The summed E-state index contributed by atoms with van der Waals surface area (Å²) in [7, 11) is 4.93. The monoisotopic (exact) mass is 399 g/mol. The number of aryl methyl sites for hydroxylation is 1. The Morgan fingerprint density at radius 1 is 1.00 bits per heavy atom. The highest BCUT2D eigenvalue weighted by molar-refractivity contribution is 7.80. The Balaban J connectivity index is 1.65. The quantitative estimate of drug-likeness (QED) is 0.521. The van der Waals surface area contributed by atoms with Gasteiger partial charge in [-0.1, -0.05) is 0 Å². The molecule has 0 amide bonds. The molecular formula is C21H25N3O3S. The number of thiocarbonyl (C=S) groups is 1. The standard InChI is InChI=1S/C21H25N3O3S/c1-13-16(17-11-14(25-2)5-7-18(17)23-13)9-10-22-21(28)24-19-12-15(26-3)6-8-20(19)27-4/h5-8,11-12,23H,9-10H2,1-4H3,(H2,22,24,28). The molecule has 1 heterocycles. The second-order valence-corrected chi connectivity index (χ2v) is 6.75. The van der Waals surface area contributed by atoms with E-state index in [-0.39, 0.29) is 0 Å². The van der Waals surface area contributed by atoms with E-state index in [9.17, 15) is 0 Å². The highest BCUT2D eigenvalue weighted by Crippen LogP contribution is 2.29. The summed E-state index contributed by atoms with van der Waals surface area (Å²) in [5.74, 6) is 2.28. The molecule has 1 aromatic heterocycles. The lowest BCUT2D eigenvalue weighted by molar-refractivity contribution is 0.405. The van der Waals surface area contributed by atoms with Crippen molar-refractivity contribution in [2.75, 3.05) is 33.2 Å². The Hall–Kier alpha value is -2.93. The summed E-state index contributed by atoms with van der Waals surface area (Å²) in [6.07, 6.45) is 0.829. The summed E-state index contributed by atoms with van der Waals surface area (Å²) in [6, 6.07) is 11.6. The van der Waals surface area contributed by atoms with Gasteiger partial charge in [-0.25, -0.2) is 0 Å². The second-order valence-electron chi connectivity index (χ2n) is 6.34. The van der Waals surface area contributed by atoms with Crippen LogP contribution in [0.2, 0.25) is 0 Å². The molecule has 0 spiro atoms. The number of rotatable bonds is 7. The summed E-state index contributed by atoms with van der Waals surface area (Å²) in [4.78, 5) is 3.42. The first-order chi connectivity index (χ1) is 13.5.